The molecule has 4 aliphatic carbocycles. The maximum Gasteiger partial charge on any atom is 0.0581 e. The minimum atomic E-state index is 0.605. The zero-order chi connectivity index (χ0) is 19.5. The van der Waals surface area contributed by atoms with Crippen LogP contribution >= 0.6 is 0 Å². The molecule has 5 aliphatic rings. The lowest BCUT2D eigenvalue weighted by molar-refractivity contribution is -0.111. The van der Waals surface area contributed by atoms with Crippen molar-refractivity contribution in [1.82, 2.24) is 0 Å². The average molecular weight is 387 g/mol. The summed E-state index contributed by atoms with van der Waals surface area (Å²) in [5.74, 6) is 6.88. The SMILES string of the molecule is CC(C)CCCC(C)C1CCC2C3CC[C@@H]4CCC5CC4(CO5)C3CCC12C. The molecule has 1 spiro atoms. The van der Waals surface area contributed by atoms with Gasteiger partial charge in [-0.2, -0.15) is 0 Å². The molecule has 1 nitrogen and oxygen atoms in total. The van der Waals surface area contributed by atoms with E-state index in [2.05, 4.69) is 27.7 Å². The van der Waals surface area contributed by atoms with Crippen LogP contribution in [-0.4, -0.2) is 12.7 Å². The molecule has 8 unspecified atom stereocenters. The van der Waals surface area contributed by atoms with Gasteiger partial charge in [0.1, 0.15) is 0 Å². The first-order valence-electron chi connectivity index (χ1n) is 13.1. The van der Waals surface area contributed by atoms with Crippen molar-refractivity contribution in [3.05, 3.63) is 0 Å². The fourth-order valence-corrected chi connectivity index (χ4v) is 9.77. The Morgan fingerprint density at radius 1 is 0.893 bits per heavy atom. The minimum Gasteiger partial charge on any atom is -0.378 e. The number of hydrogen-bond acceptors (Lipinski definition) is 1. The third-order valence-corrected chi connectivity index (χ3v) is 11.1. The van der Waals surface area contributed by atoms with Gasteiger partial charge in [0.25, 0.3) is 0 Å². The zero-order valence-electron chi connectivity index (χ0n) is 19.2. The van der Waals surface area contributed by atoms with E-state index < -0.39 is 0 Å². The molecule has 160 valence electrons. The van der Waals surface area contributed by atoms with Crippen LogP contribution in [0.2, 0.25) is 0 Å². The summed E-state index contributed by atoms with van der Waals surface area (Å²) in [5, 5.41) is 0. The molecule has 1 heterocycles. The second-order valence-electron chi connectivity index (χ2n) is 12.6. The molecular weight excluding hydrogens is 340 g/mol. The van der Waals surface area contributed by atoms with Crippen LogP contribution in [0.5, 0.6) is 0 Å². The van der Waals surface area contributed by atoms with Gasteiger partial charge in [0, 0.05) is 5.41 Å². The van der Waals surface area contributed by atoms with Gasteiger partial charge in [-0.05, 0) is 105 Å². The Hall–Kier alpha value is -0.0400. The van der Waals surface area contributed by atoms with Gasteiger partial charge >= 0.3 is 0 Å². The molecule has 0 radical (unpaired) electrons. The van der Waals surface area contributed by atoms with E-state index in [9.17, 15) is 0 Å². The maximum atomic E-state index is 6.35. The number of rotatable bonds is 5. The van der Waals surface area contributed by atoms with Crippen LogP contribution in [0.15, 0.2) is 0 Å². The molecule has 1 heteroatoms. The van der Waals surface area contributed by atoms with Crippen LogP contribution in [0.25, 0.3) is 0 Å². The molecule has 0 aromatic carbocycles. The van der Waals surface area contributed by atoms with Gasteiger partial charge < -0.3 is 4.74 Å². The van der Waals surface area contributed by atoms with E-state index >= 15 is 0 Å². The quantitative estimate of drug-likeness (QED) is 0.475. The monoisotopic (exact) mass is 386 g/mol. The van der Waals surface area contributed by atoms with E-state index in [1.165, 1.54) is 64.2 Å². The Morgan fingerprint density at radius 3 is 2.54 bits per heavy atom. The van der Waals surface area contributed by atoms with Gasteiger partial charge in [-0.25, -0.2) is 0 Å². The van der Waals surface area contributed by atoms with E-state index in [-0.39, 0.29) is 0 Å². The van der Waals surface area contributed by atoms with Crippen LogP contribution in [0.3, 0.4) is 0 Å². The highest BCUT2D eigenvalue weighted by molar-refractivity contribution is 5.12. The average Bonchev–Trinajstić information content (AvgIpc) is 3.18. The van der Waals surface area contributed by atoms with Gasteiger partial charge in [0.15, 0.2) is 0 Å². The molecule has 0 N–H and O–H groups in total. The molecular formula is C27H46O. The molecule has 28 heavy (non-hydrogen) atoms. The highest BCUT2D eigenvalue weighted by atomic mass is 16.5. The molecule has 0 aromatic rings. The lowest BCUT2D eigenvalue weighted by atomic mass is 9.44. The summed E-state index contributed by atoms with van der Waals surface area (Å²) in [5.41, 5.74) is 1.25. The van der Waals surface area contributed by atoms with E-state index in [1.807, 2.05) is 0 Å². The molecule has 0 amide bonds. The molecule has 1 aliphatic heterocycles. The number of fused-ring (bicyclic) bond motifs is 4. The number of hydrogen-bond donors (Lipinski definition) is 0. The van der Waals surface area contributed by atoms with E-state index in [4.69, 9.17) is 4.74 Å². The second kappa shape index (κ2) is 7.28. The van der Waals surface area contributed by atoms with Crippen LogP contribution in [0.4, 0.5) is 0 Å². The number of ether oxygens (including phenoxy) is 1. The van der Waals surface area contributed by atoms with Crippen LogP contribution in [0, 0.1) is 52.3 Å². The molecule has 5 rings (SSSR count). The van der Waals surface area contributed by atoms with Crippen molar-refractivity contribution in [2.24, 2.45) is 52.3 Å². The molecule has 5 fully saturated rings. The first kappa shape index (κ1) is 19.9. The summed E-state index contributed by atoms with van der Waals surface area (Å²) in [7, 11) is 0. The zero-order valence-corrected chi connectivity index (χ0v) is 19.2. The minimum absolute atomic E-state index is 0.605. The van der Waals surface area contributed by atoms with Gasteiger partial charge in [0.2, 0.25) is 0 Å². The summed E-state index contributed by atoms with van der Waals surface area (Å²) in [6.45, 7) is 11.2. The smallest absolute Gasteiger partial charge is 0.0581 e. The Balaban J connectivity index is 1.31. The van der Waals surface area contributed by atoms with Gasteiger partial charge in [-0.15, -0.1) is 0 Å². The fraction of sp³-hybridized carbons (Fsp3) is 1.00. The van der Waals surface area contributed by atoms with Gasteiger partial charge in [0.05, 0.1) is 12.7 Å². The molecule has 1 saturated heterocycles. The second-order valence-corrected chi connectivity index (χ2v) is 12.6. The predicted octanol–water partition coefficient (Wildman–Crippen LogP) is 7.49. The van der Waals surface area contributed by atoms with Crippen molar-refractivity contribution in [1.29, 1.82) is 0 Å². The van der Waals surface area contributed by atoms with Crippen LogP contribution in [-0.2, 0) is 4.74 Å². The maximum absolute atomic E-state index is 6.35. The predicted molar refractivity (Wildman–Crippen MR) is 117 cm³/mol. The lowest BCUT2D eigenvalue weighted by Gasteiger charge is -2.60. The Labute approximate surface area is 174 Å². The lowest BCUT2D eigenvalue weighted by Crippen LogP contribution is -2.54. The summed E-state index contributed by atoms with van der Waals surface area (Å²) in [6.07, 6.45) is 18.4. The Bertz CT molecular complexity index is 569. The largest absolute Gasteiger partial charge is 0.378 e. The first-order chi connectivity index (χ1) is 13.4. The summed E-state index contributed by atoms with van der Waals surface area (Å²) < 4.78 is 6.35. The molecule has 9 atom stereocenters. The van der Waals surface area contributed by atoms with Crippen LogP contribution < -0.4 is 0 Å². The normalized spacial score (nSPS) is 50.9. The topological polar surface area (TPSA) is 9.23 Å². The highest BCUT2D eigenvalue weighted by Gasteiger charge is 2.63. The highest BCUT2D eigenvalue weighted by Crippen LogP contribution is 2.69. The van der Waals surface area contributed by atoms with E-state index in [1.54, 1.807) is 12.8 Å². The van der Waals surface area contributed by atoms with Crippen molar-refractivity contribution < 1.29 is 4.74 Å². The van der Waals surface area contributed by atoms with Crippen LogP contribution in [0.1, 0.15) is 105 Å². The van der Waals surface area contributed by atoms with Gasteiger partial charge in [-0.1, -0.05) is 47.0 Å². The molecule has 4 saturated carbocycles. The summed E-state index contributed by atoms with van der Waals surface area (Å²) >= 11 is 0. The first-order valence-corrected chi connectivity index (χ1v) is 13.1. The standard InChI is InChI=1S/C27H46O/c1-18(2)6-5-7-19(3)23-12-13-24-22-11-9-20-8-10-21-16-27(20,17-28-21)25(22)14-15-26(23,24)4/h18-25H,5-17H2,1-4H3/t19?,20-,21?,22?,23?,24?,25?,26?,27?/m0/s1. The fourth-order valence-electron chi connectivity index (χ4n) is 9.77. The Kier molecular flexibility index (Phi) is 5.17. The third kappa shape index (κ3) is 2.96. The van der Waals surface area contributed by atoms with E-state index in [0.29, 0.717) is 16.9 Å². The van der Waals surface area contributed by atoms with Crippen molar-refractivity contribution in [3.63, 3.8) is 0 Å². The summed E-state index contributed by atoms with van der Waals surface area (Å²) in [6, 6.07) is 0. The Morgan fingerprint density at radius 2 is 1.71 bits per heavy atom. The van der Waals surface area contributed by atoms with Crippen molar-refractivity contribution >= 4 is 0 Å². The van der Waals surface area contributed by atoms with Gasteiger partial charge in [-0.3, -0.25) is 0 Å². The van der Waals surface area contributed by atoms with Crippen molar-refractivity contribution in [2.45, 2.75) is 111 Å². The molecule has 0 aromatic heterocycles. The molecule has 2 bridgehead atoms. The third-order valence-electron chi connectivity index (χ3n) is 11.1. The van der Waals surface area contributed by atoms with Crippen molar-refractivity contribution in [3.8, 4) is 0 Å². The van der Waals surface area contributed by atoms with E-state index in [0.717, 1.165) is 48.0 Å². The summed E-state index contributed by atoms with van der Waals surface area (Å²) in [4.78, 5) is 0. The van der Waals surface area contributed by atoms with Crippen molar-refractivity contribution in [2.75, 3.05) is 6.61 Å².